The number of amides is 1. The molecule has 3 nitrogen and oxygen atoms in total. The van der Waals surface area contributed by atoms with Gasteiger partial charge in [0.15, 0.2) is 0 Å². The van der Waals surface area contributed by atoms with Crippen LogP contribution in [-0.2, 0) is 4.79 Å². The van der Waals surface area contributed by atoms with Crippen LogP contribution in [0.3, 0.4) is 0 Å². The number of hydrogen-bond acceptors (Lipinski definition) is 2. The fourth-order valence-corrected chi connectivity index (χ4v) is 2.74. The van der Waals surface area contributed by atoms with E-state index in [1.165, 1.54) is 11.1 Å². The first-order valence-corrected chi connectivity index (χ1v) is 7.16. The first-order chi connectivity index (χ1) is 9.00. The van der Waals surface area contributed by atoms with Crippen LogP contribution in [0.4, 0.5) is 0 Å². The molecule has 0 aromatic heterocycles. The minimum absolute atomic E-state index is 0.0652. The second-order valence-electron chi connectivity index (χ2n) is 5.80. The summed E-state index contributed by atoms with van der Waals surface area (Å²) in [5.41, 5.74) is 8.30. The second kappa shape index (κ2) is 5.74. The molecule has 1 heterocycles. The van der Waals surface area contributed by atoms with Crippen LogP contribution in [-0.4, -0.2) is 23.4 Å². The molecule has 1 aromatic rings. The first-order valence-electron chi connectivity index (χ1n) is 7.16. The lowest BCUT2D eigenvalue weighted by Crippen LogP contribution is -2.41. The summed E-state index contributed by atoms with van der Waals surface area (Å²) in [6.45, 7) is 6.98. The Labute approximate surface area is 115 Å². The summed E-state index contributed by atoms with van der Waals surface area (Å²) >= 11 is 0. The number of carbonyl (C=O) groups is 1. The lowest BCUT2D eigenvalue weighted by molar-refractivity contribution is -0.133. The van der Waals surface area contributed by atoms with Crippen molar-refractivity contribution in [2.24, 2.45) is 5.73 Å². The topological polar surface area (TPSA) is 46.3 Å². The average Bonchev–Trinajstić information content (AvgIpc) is 2.86. The Morgan fingerprint density at radius 1 is 1.26 bits per heavy atom. The predicted octanol–water partition coefficient (Wildman–Crippen LogP) is 2.82. The Hall–Kier alpha value is -1.35. The number of nitrogens with two attached hydrogens (primary N) is 1. The highest BCUT2D eigenvalue weighted by Gasteiger charge is 2.31. The van der Waals surface area contributed by atoms with Gasteiger partial charge in [0.25, 0.3) is 0 Å². The van der Waals surface area contributed by atoms with E-state index < -0.39 is 6.04 Å². The minimum atomic E-state index is -0.407. The van der Waals surface area contributed by atoms with Gasteiger partial charge < -0.3 is 10.6 Å². The van der Waals surface area contributed by atoms with Gasteiger partial charge in [0, 0.05) is 6.54 Å². The molecule has 0 unspecified atom stereocenters. The molecule has 104 valence electrons. The van der Waals surface area contributed by atoms with Crippen molar-refractivity contribution in [3.8, 4) is 0 Å². The lowest BCUT2D eigenvalue weighted by Gasteiger charge is -2.27. The summed E-state index contributed by atoms with van der Waals surface area (Å²) in [6.07, 6.45) is 2.11. The highest BCUT2D eigenvalue weighted by molar-refractivity contribution is 5.81. The maximum atomic E-state index is 12.1. The maximum Gasteiger partial charge on any atom is 0.239 e. The first kappa shape index (κ1) is 14.1. The molecular weight excluding hydrogens is 236 g/mol. The minimum Gasteiger partial charge on any atom is -0.334 e. The molecule has 0 aliphatic carbocycles. The van der Waals surface area contributed by atoms with Gasteiger partial charge in [0.05, 0.1) is 12.1 Å². The number of carbonyl (C=O) groups excluding carboxylic acids is 1. The van der Waals surface area contributed by atoms with E-state index in [1.807, 2.05) is 4.90 Å². The Morgan fingerprint density at radius 3 is 2.42 bits per heavy atom. The van der Waals surface area contributed by atoms with E-state index in [0.29, 0.717) is 5.92 Å². The molecule has 1 aromatic carbocycles. The van der Waals surface area contributed by atoms with Gasteiger partial charge in [-0.25, -0.2) is 0 Å². The molecule has 0 bridgehead atoms. The lowest BCUT2D eigenvalue weighted by atomic mass is 9.98. The van der Waals surface area contributed by atoms with Crippen LogP contribution < -0.4 is 5.73 Å². The van der Waals surface area contributed by atoms with Gasteiger partial charge in [-0.15, -0.1) is 0 Å². The van der Waals surface area contributed by atoms with Gasteiger partial charge in [-0.1, -0.05) is 38.1 Å². The average molecular weight is 260 g/mol. The number of benzene rings is 1. The molecule has 0 spiro atoms. The highest BCUT2D eigenvalue weighted by atomic mass is 16.2. The third kappa shape index (κ3) is 2.98. The Balaban J connectivity index is 2.18. The summed E-state index contributed by atoms with van der Waals surface area (Å²) in [4.78, 5) is 14.0. The van der Waals surface area contributed by atoms with Gasteiger partial charge >= 0.3 is 0 Å². The van der Waals surface area contributed by atoms with Crippen LogP contribution in [0.25, 0.3) is 0 Å². The molecular formula is C16H24N2O. The molecule has 3 heteroatoms. The largest absolute Gasteiger partial charge is 0.334 e. The van der Waals surface area contributed by atoms with Crippen molar-refractivity contribution in [2.75, 3.05) is 6.54 Å². The van der Waals surface area contributed by atoms with E-state index in [1.54, 1.807) is 6.92 Å². The van der Waals surface area contributed by atoms with Crippen molar-refractivity contribution in [1.29, 1.82) is 0 Å². The highest BCUT2D eigenvalue weighted by Crippen LogP contribution is 2.32. The molecule has 1 fully saturated rings. The van der Waals surface area contributed by atoms with E-state index >= 15 is 0 Å². The molecule has 0 radical (unpaired) electrons. The standard InChI is InChI=1S/C16H24N2O/c1-11(2)13-6-8-14(9-7-13)15-5-4-10-18(15)16(19)12(3)17/h6-9,11-12,15H,4-5,10,17H2,1-3H3/t12-,15+/m0/s1. The third-order valence-corrected chi connectivity index (χ3v) is 3.91. The zero-order chi connectivity index (χ0) is 14.0. The number of nitrogens with zero attached hydrogens (tertiary/aromatic N) is 1. The van der Waals surface area contributed by atoms with Crippen molar-refractivity contribution in [3.05, 3.63) is 35.4 Å². The summed E-state index contributed by atoms with van der Waals surface area (Å²) < 4.78 is 0. The fraction of sp³-hybridized carbons (Fsp3) is 0.562. The molecule has 19 heavy (non-hydrogen) atoms. The third-order valence-electron chi connectivity index (χ3n) is 3.91. The summed E-state index contributed by atoms with van der Waals surface area (Å²) in [5.74, 6) is 0.606. The van der Waals surface area contributed by atoms with Gasteiger partial charge in [0.1, 0.15) is 0 Å². The van der Waals surface area contributed by atoms with Crippen LogP contribution >= 0.6 is 0 Å². The van der Waals surface area contributed by atoms with Crippen LogP contribution in [0.1, 0.15) is 56.7 Å². The molecule has 2 atom stereocenters. The fourth-order valence-electron chi connectivity index (χ4n) is 2.74. The Kier molecular flexibility index (Phi) is 4.25. The van der Waals surface area contributed by atoms with Crippen molar-refractivity contribution >= 4 is 5.91 Å². The number of hydrogen-bond donors (Lipinski definition) is 1. The molecule has 1 aliphatic heterocycles. The molecule has 2 rings (SSSR count). The summed E-state index contributed by atoms with van der Waals surface area (Å²) in [6, 6.07) is 8.47. The van der Waals surface area contributed by atoms with E-state index in [-0.39, 0.29) is 11.9 Å². The van der Waals surface area contributed by atoms with Crippen molar-refractivity contribution < 1.29 is 4.79 Å². The summed E-state index contributed by atoms with van der Waals surface area (Å²) in [5, 5.41) is 0. The SMILES string of the molecule is CC(C)c1ccc([C@H]2CCCN2C(=O)[C@H](C)N)cc1. The van der Waals surface area contributed by atoms with Crippen LogP contribution in [0, 0.1) is 0 Å². The monoisotopic (exact) mass is 260 g/mol. The van der Waals surface area contributed by atoms with Crippen molar-refractivity contribution in [1.82, 2.24) is 4.90 Å². The zero-order valence-corrected chi connectivity index (χ0v) is 12.1. The van der Waals surface area contributed by atoms with E-state index in [4.69, 9.17) is 5.73 Å². The van der Waals surface area contributed by atoms with Crippen molar-refractivity contribution in [3.63, 3.8) is 0 Å². The van der Waals surface area contributed by atoms with Crippen LogP contribution in [0.2, 0.25) is 0 Å². The Morgan fingerprint density at radius 2 is 1.89 bits per heavy atom. The zero-order valence-electron chi connectivity index (χ0n) is 12.1. The molecule has 1 amide bonds. The number of rotatable bonds is 3. The molecule has 1 aliphatic rings. The number of likely N-dealkylation sites (tertiary alicyclic amines) is 1. The second-order valence-corrected chi connectivity index (χ2v) is 5.80. The van der Waals surface area contributed by atoms with E-state index in [2.05, 4.69) is 38.1 Å². The van der Waals surface area contributed by atoms with Gasteiger partial charge in [0.2, 0.25) is 5.91 Å². The maximum absolute atomic E-state index is 12.1. The van der Waals surface area contributed by atoms with Crippen LogP contribution in [0.5, 0.6) is 0 Å². The van der Waals surface area contributed by atoms with Gasteiger partial charge in [-0.2, -0.15) is 0 Å². The smallest absolute Gasteiger partial charge is 0.239 e. The Bertz CT molecular complexity index is 437. The van der Waals surface area contributed by atoms with Crippen LogP contribution in [0.15, 0.2) is 24.3 Å². The normalized spacial score (nSPS) is 20.9. The van der Waals surface area contributed by atoms with Gasteiger partial charge in [-0.3, -0.25) is 4.79 Å². The molecule has 0 saturated carbocycles. The molecule has 2 N–H and O–H groups in total. The van der Waals surface area contributed by atoms with E-state index in [0.717, 1.165) is 19.4 Å². The quantitative estimate of drug-likeness (QED) is 0.908. The van der Waals surface area contributed by atoms with E-state index in [9.17, 15) is 4.79 Å². The predicted molar refractivity (Wildman–Crippen MR) is 77.9 cm³/mol. The van der Waals surface area contributed by atoms with Crippen molar-refractivity contribution in [2.45, 2.75) is 51.6 Å². The summed E-state index contributed by atoms with van der Waals surface area (Å²) in [7, 11) is 0. The molecule has 1 saturated heterocycles. The van der Waals surface area contributed by atoms with Gasteiger partial charge in [-0.05, 0) is 36.8 Å².